The number of hydrogen-bond acceptors (Lipinski definition) is 2. The Kier molecular flexibility index (Phi) is 3.01. The second-order valence-electron chi connectivity index (χ2n) is 5.49. The number of aromatic nitrogens is 2. The van der Waals surface area contributed by atoms with Gasteiger partial charge in [0.05, 0.1) is 22.9 Å². The van der Waals surface area contributed by atoms with Gasteiger partial charge in [-0.05, 0) is 37.0 Å². The molecule has 0 bridgehead atoms. The number of imidazole rings is 1. The fourth-order valence-corrected chi connectivity index (χ4v) is 3.14. The summed E-state index contributed by atoms with van der Waals surface area (Å²) in [6, 6.07) is 5.69. The van der Waals surface area contributed by atoms with Crippen molar-refractivity contribution in [2.24, 2.45) is 5.92 Å². The predicted molar refractivity (Wildman–Crippen MR) is 73.4 cm³/mol. The molecule has 100 valence electrons. The van der Waals surface area contributed by atoms with Crippen molar-refractivity contribution in [2.45, 2.75) is 38.6 Å². The maximum Gasteiger partial charge on any atom is 0.335 e. The first-order chi connectivity index (χ1) is 9.16. The van der Waals surface area contributed by atoms with Crippen LogP contribution in [0.2, 0.25) is 0 Å². The van der Waals surface area contributed by atoms with Crippen molar-refractivity contribution in [1.29, 1.82) is 0 Å². The number of aromatic carboxylic acids is 1. The second-order valence-corrected chi connectivity index (χ2v) is 5.49. The summed E-state index contributed by atoms with van der Waals surface area (Å²) in [4.78, 5) is 15.3. The summed E-state index contributed by atoms with van der Waals surface area (Å²) in [5.41, 5.74) is 2.12. The molecule has 2 atom stereocenters. The second kappa shape index (κ2) is 4.68. The number of benzene rings is 1. The maximum absolute atomic E-state index is 11.0. The van der Waals surface area contributed by atoms with Crippen molar-refractivity contribution >= 4 is 17.0 Å². The molecule has 0 spiro atoms. The first-order valence-electron chi connectivity index (χ1n) is 6.86. The highest BCUT2D eigenvalue weighted by Crippen LogP contribution is 2.35. The van der Waals surface area contributed by atoms with E-state index in [2.05, 4.69) is 16.5 Å². The number of carbonyl (C=O) groups is 1. The summed E-state index contributed by atoms with van der Waals surface area (Å²) in [5.74, 6) is -0.243. The van der Waals surface area contributed by atoms with Gasteiger partial charge in [-0.15, -0.1) is 0 Å². The SMILES string of the molecule is C[C@H]1CCCC[C@H]1n1cnc2cc(C(=O)O)ccc21. The van der Waals surface area contributed by atoms with E-state index in [1.807, 2.05) is 12.4 Å². The van der Waals surface area contributed by atoms with Gasteiger partial charge in [-0.2, -0.15) is 0 Å². The highest BCUT2D eigenvalue weighted by Gasteiger charge is 2.24. The molecule has 3 rings (SSSR count). The van der Waals surface area contributed by atoms with E-state index in [0.717, 1.165) is 11.0 Å². The Balaban J connectivity index is 2.03. The fourth-order valence-electron chi connectivity index (χ4n) is 3.14. The molecular formula is C15H18N2O2. The summed E-state index contributed by atoms with van der Waals surface area (Å²) in [6.07, 6.45) is 6.89. The Bertz CT molecular complexity index is 618. The Morgan fingerprint density at radius 3 is 2.89 bits per heavy atom. The molecule has 4 nitrogen and oxygen atoms in total. The lowest BCUT2D eigenvalue weighted by Crippen LogP contribution is -2.20. The summed E-state index contributed by atoms with van der Waals surface area (Å²) < 4.78 is 2.23. The minimum Gasteiger partial charge on any atom is -0.478 e. The van der Waals surface area contributed by atoms with Gasteiger partial charge < -0.3 is 9.67 Å². The highest BCUT2D eigenvalue weighted by atomic mass is 16.4. The Hall–Kier alpha value is -1.84. The molecule has 0 aliphatic heterocycles. The third-order valence-corrected chi connectivity index (χ3v) is 4.25. The minimum atomic E-state index is -0.900. The van der Waals surface area contributed by atoms with E-state index in [1.165, 1.54) is 25.7 Å². The molecule has 19 heavy (non-hydrogen) atoms. The van der Waals surface area contributed by atoms with Crippen LogP contribution in [-0.2, 0) is 0 Å². The number of rotatable bonds is 2. The van der Waals surface area contributed by atoms with E-state index in [4.69, 9.17) is 5.11 Å². The molecule has 0 unspecified atom stereocenters. The van der Waals surface area contributed by atoms with Crippen molar-refractivity contribution in [1.82, 2.24) is 9.55 Å². The third-order valence-electron chi connectivity index (χ3n) is 4.25. The van der Waals surface area contributed by atoms with Crippen molar-refractivity contribution < 1.29 is 9.90 Å². The van der Waals surface area contributed by atoms with Crippen LogP contribution in [0, 0.1) is 5.92 Å². The van der Waals surface area contributed by atoms with Crippen LogP contribution in [0.3, 0.4) is 0 Å². The van der Waals surface area contributed by atoms with E-state index < -0.39 is 5.97 Å². The van der Waals surface area contributed by atoms with Gasteiger partial charge in [-0.3, -0.25) is 0 Å². The highest BCUT2D eigenvalue weighted by molar-refractivity contribution is 5.92. The Morgan fingerprint density at radius 2 is 2.16 bits per heavy atom. The van der Waals surface area contributed by atoms with E-state index >= 15 is 0 Å². The topological polar surface area (TPSA) is 55.1 Å². The molecule has 1 aromatic carbocycles. The average molecular weight is 258 g/mol. The normalized spacial score (nSPS) is 23.6. The van der Waals surface area contributed by atoms with Gasteiger partial charge in [0.1, 0.15) is 0 Å². The number of carboxylic acid groups (broad SMARTS) is 1. The van der Waals surface area contributed by atoms with Gasteiger partial charge in [-0.25, -0.2) is 9.78 Å². The van der Waals surface area contributed by atoms with Crippen molar-refractivity contribution in [3.63, 3.8) is 0 Å². The van der Waals surface area contributed by atoms with Crippen LogP contribution >= 0.6 is 0 Å². The number of hydrogen-bond donors (Lipinski definition) is 1. The zero-order chi connectivity index (χ0) is 13.4. The molecule has 0 saturated heterocycles. The minimum absolute atomic E-state index is 0.300. The standard InChI is InChI=1S/C15H18N2O2/c1-10-4-2-3-5-13(10)17-9-16-12-8-11(15(18)19)6-7-14(12)17/h6-10,13H,2-5H2,1H3,(H,18,19)/t10-,13+/m0/s1. The quantitative estimate of drug-likeness (QED) is 0.897. The molecule has 1 heterocycles. The lowest BCUT2D eigenvalue weighted by atomic mass is 9.85. The third kappa shape index (κ3) is 2.11. The van der Waals surface area contributed by atoms with Gasteiger partial charge >= 0.3 is 5.97 Å². The monoisotopic (exact) mass is 258 g/mol. The lowest BCUT2D eigenvalue weighted by molar-refractivity contribution is 0.0697. The number of carboxylic acids is 1. The van der Waals surface area contributed by atoms with Gasteiger partial charge in [0, 0.05) is 6.04 Å². The van der Waals surface area contributed by atoms with Crippen molar-refractivity contribution in [2.75, 3.05) is 0 Å². The number of nitrogens with zero attached hydrogens (tertiary/aromatic N) is 2. The largest absolute Gasteiger partial charge is 0.478 e. The van der Waals surface area contributed by atoms with Crippen LogP contribution in [0.1, 0.15) is 49.0 Å². The van der Waals surface area contributed by atoms with Gasteiger partial charge in [0.2, 0.25) is 0 Å². The number of fused-ring (bicyclic) bond motifs is 1. The fraction of sp³-hybridized carbons (Fsp3) is 0.467. The molecule has 1 aromatic heterocycles. The van der Waals surface area contributed by atoms with Crippen LogP contribution in [-0.4, -0.2) is 20.6 Å². The maximum atomic E-state index is 11.0. The zero-order valence-electron chi connectivity index (χ0n) is 11.0. The molecule has 1 saturated carbocycles. The van der Waals surface area contributed by atoms with E-state index in [9.17, 15) is 4.79 Å². The molecule has 1 fully saturated rings. The van der Waals surface area contributed by atoms with Crippen molar-refractivity contribution in [3.8, 4) is 0 Å². The molecule has 4 heteroatoms. The zero-order valence-corrected chi connectivity index (χ0v) is 11.0. The summed E-state index contributed by atoms with van der Waals surface area (Å²) >= 11 is 0. The van der Waals surface area contributed by atoms with Crippen LogP contribution in [0.15, 0.2) is 24.5 Å². The smallest absolute Gasteiger partial charge is 0.335 e. The summed E-state index contributed by atoms with van der Waals surface area (Å²) in [6.45, 7) is 2.29. The Labute approximate surface area is 112 Å². The van der Waals surface area contributed by atoms with Crippen LogP contribution in [0.5, 0.6) is 0 Å². The molecule has 1 aliphatic rings. The Morgan fingerprint density at radius 1 is 1.37 bits per heavy atom. The van der Waals surface area contributed by atoms with Gasteiger partial charge in [0.15, 0.2) is 0 Å². The molecule has 0 radical (unpaired) electrons. The predicted octanol–water partition coefficient (Wildman–Crippen LogP) is 3.49. The lowest BCUT2D eigenvalue weighted by Gasteiger charge is -2.30. The summed E-state index contributed by atoms with van der Waals surface area (Å²) in [5, 5.41) is 9.01. The molecule has 1 aliphatic carbocycles. The van der Waals surface area contributed by atoms with E-state index in [0.29, 0.717) is 17.5 Å². The van der Waals surface area contributed by atoms with Crippen LogP contribution in [0.25, 0.3) is 11.0 Å². The first kappa shape index (κ1) is 12.2. The van der Waals surface area contributed by atoms with Gasteiger partial charge in [0.25, 0.3) is 0 Å². The van der Waals surface area contributed by atoms with E-state index in [1.54, 1.807) is 12.1 Å². The molecular weight excluding hydrogens is 240 g/mol. The molecule has 2 aromatic rings. The molecule has 1 N–H and O–H groups in total. The van der Waals surface area contributed by atoms with Gasteiger partial charge in [-0.1, -0.05) is 19.8 Å². The van der Waals surface area contributed by atoms with E-state index in [-0.39, 0.29) is 0 Å². The van der Waals surface area contributed by atoms with Crippen molar-refractivity contribution in [3.05, 3.63) is 30.1 Å². The van der Waals surface area contributed by atoms with Crippen LogP contribution < -0.4 is 0 Å². The average Bonchev–Trinajstić information content (AvgIpc) is 2.82. The summed E-state index contributed by atoms with van der Waals surface area (Å²) in [7, 11) is 0. The van der Waals surface area contributed by atoms with Crippen LogP contribution in [0.4, 0.5) is 0 Å². The first-order valence-corrected chi connectivity index (χ1v) is 6.86. The molecule has 0 amide bonds.